The maximum Gasteiger partial charge on any atom is 0.339 e. The smallest absolute Gasteiger partial charge is 0.339 e. The molecule has 2 amide bonds. The number of hydrogen-bond donors (Lipinski definition) is 0. The van der Waals surface area contributed by atoms with Gasteiger partial charge in [-0.05, 0) is 63.9 Å². The summed E-state index contributed by atoms with van der Waals surface area (Å²) >= 11 is 0. The first-order valence-corrected chi connectivity index (χ1v) is 14.4. The number of benzene rings is 3. The average molecular weight is 561 g/mol. The maximum absolute atomic E-state index is 13.5. The van der Waals surface area contributed by atoms with Crippen LogP contribution in [0.2, 0.25) is 0 Å². The molecule has 2 fully saturated rings. The van der Waals surface area contributed by atoms with Gasteiger partial charge in [-0.3, -0.25) is 19.3 Å². The van der Waals surface area contributed by atoms with Gasteiger partial charge in [0.2, 0.25) is 17.6 Å². The Balaban J connectivity index is 1.30. The number of Topliss-reactive ketones (excluding diaryl/α,β-unsaturated/α-hetero) is 1. The van der Waals surface area contributed by atoms with Crippen LogP contribution in [0.25, 0.3) is 22.2 Å². The summed E-state index contributed by atoms with van der Waals surface area (Å²) in [6.45, 7) is 5.45. The molecule has 2 heterocycles. The van der Waals surface area contributed by atoms with Crippen molar-refractivity contribution in [2.24, 2.45) is 11.8 Å². The number of hydrogen-bond acceptors (Lipinski definition) is 6. The molecule has 1 saturated heterocycles. The number of carbonyl (C=O) groups is 4. The number of rotatable bonds is 6. The van der Waals surface area contributed by atoms with Gasteiger partial charge in [-0.25, -0.2) is 9.78 Å². The van der Waals surface area contributed by atoms with Gasteiger partial charge in [-0.1, -0.05) is 66.4 Å². The monoisotopic (exact) mass is 560 g/mol. The number of ether oxygens (including phenoxy) is 1. The fraction of sp³-hybridized carbons (Fsp3) is 0.286. The number of anilines is 1. The highest BCUT2D eigenvalue weighted by Gasteiger charge is 2.48. The minimum Gasteiger partial charge on any atom is -0.451 e. The first-order valence-electron chi connectivity index (χ1n) is 14.4. The molecule has 7 heteroatoms. The highest BCUT2D eigenvalue weighted by atomic mass is 16.5. The predicted octanol–water partition coefficient (Wildman–Crippen LogP) is 6.63. The Kier molecular flexibility index (Phi) is 7.19. The Morgan fingerprint density at radius 3 is 2.10 bits per heavy atom. The van der Waals surface area contributed by atoms with E-state index in [1.54, 1.807) is 49.4 Å². The zero-order valence-corrected chi connectivity index (χ0v) is 23.9. The summed E-state index contributed by atoms with van der Waals surface area (Å²) in [4.78, 5) is 58.7. The normalized spacial score (nSPS) is 19.1. The van der Waals surface area contributed by atoms with E-state index in [9.17, 15) is 19.2 Å². The van der Waals surface area contributed by atoms with E-state index in [2.05, 4.69) is 0 Å². The van der Waals surface area contributed by atoms with E-state index in [0.717, 1.165) is 42.4 Å². The molecule has 1 aromatic heterocycles. The van der Waals surface area contributed by atoms with E-state index >= 15 is 0 Å². The van der Waals surface area contributed by atoms with Gasteiger partial charge in [-0.15, -0.1) is 0 Å². The Morgan fingerprint density at radius 1 is 0.833 bits per heavy atom. The third-order valence-corrected chi connectivity index (χ3v) is 8.44. The van der Waals surface area contributed by atoms with Crippen LogP contribution in [0.1, 0.15) is 64.4 Å². The molecule has 3 aromatic carbocycles. The minimum atomic E-state index is -0.977. The zero-order valence-electron chi connectivity index (χ0n) is 23.9. The number of aryl methyl sites for hydroxylation is 2. The SMILES string of the molecule is Cc1ccc(C(=O)[C@@H](C)OC(=O)c2cc(-c3ccc(N4C(=O)[C@H]5CCCC[C@H]5C4=O)cc3)nc3ccc(C)cc23)cc1. The summed E-state index contributed by atoms with van der Waals surface area (Å²) in [5, 5.41) is 0.631. The number of imide groups is 1. The number of fused-ring (bicyclic) bond motifs is 2. The molecule has 212 valence electrons. The third kappa shape index (κ3) is 5.00. The number of carbonyl (C=O) groups excluding carboxylic acids is 4. The summed E-state index contributed by atoms with van der Waals surface area (Å²) in [5.41, 5.74) is 5.19. The summed E-state index contributed by atoms with van der Waals surface area (Å²) in [6, 6.07) is 21.6. The van der Waals surface area contributed by atoms with Crippen molar-refractivity contribution in [3.05, 3.63) is 95.1 Å². The molecule has 2 aliphatic rings. The van der Waals surface area contributed by atoms with Crippen molar-refractivity contribution < 1.29 is 23.9 Å². The summed E-state index contributed by atoms with van der Waals surface area (Å²) < 4.78 is 5.68. The van der Waals surface area contributed by atoms with Crippen molar-refractivity contribution in [1.29, 1.82) is 0 Å². The fourth-order valence-corrected chi connectivity index (χ4v) is 6.08. The summed E-state index contributed by atoms with van der Waals surface area (Å²) in [7, 11) is 0. The van der Waals surface area contributed by atoms with Crippen molar-refractivity contribution in [3.8, 4) is 11.3 Å². The fourth-order valence-electron chi connectivity index (χ4n) is 6.08. The van der Waals surface area contributed by atoms with Gasteiger partial charge >= 0.3 is 5.97 Å². The highest BCUT2D eigenvalue weighted by Crippen LogP contribution is 2.40. The molecule has 7 nitrogen and oxygen atoms in total. The molecule has 1 aliphatic carbocycles. The second-order valence-corrected chi connectivity index (χ2v) is 11.4. The second-order valence-electron chi connectivity index (χ2n) is 11.4. The van der Waals surface area contributed by atoms with E-state index in [1.165, 1.54) is 4.90 Å². The van der Waals surface area contributed by atoms with Crippen LogP contribution >= 0.6 is 0 Å². The predicted molar refractivity (Wildman–Crippen MR) is 160 cm³/mol. The average Bonchev–Trinajstić information content (AvgIpc) is 3.26. The van der Waals surface area contributed by atoms with Crippen LogP contribution in [-0.4, -0.2) is 34.7 Å². The van der Waals surface area contributed by atoms with Crippen molar-refractivity contribution in [2.45, 2.75) is 52.6 Å². The number of ketones is 1. The minimum absolute atomic E-state index is 0.115. The van der Waals surface area contributed by atoms with Crippen LogP contribution in [-0.2, 0) is 14.3 Å². The number of amides is 2. The Morgan fingerprint density at radius 2 is 1.45 bits per heavy atom. The van der Waals surface area contributed by atoms with Crippen LogP contribution in [0.4, 0.5) is 5.69 Å². The van der Waals surface area contributed by atoms with Crippen LogP contribution in [0.3, 0.4) is 0 Å². The second kappa shape index (κ2) is 11.0. The van der Waals surface area contributed by atoms with E-state index in [1.807, 2.05) is 44.2 Å². The first-order chi connectivity index (χ1) is 20.2. The molecule has 42 heavy (non-hydrogen) atoms. The molecular formula is C35H32N2O5. The van der Waals surface area contributed by atoms with Crippen molar-refractivity contribution in [3.63, 3.8) is 0 Å². The van der Waals surface area contributed by atoms with Crippen molar-refractivity contribution in [1.82, 2.24) is 4.98 Å². The van der Waals surface area contributed by atoms with Gasteiger partial charge in [0.15, 0.2) is 6.10 Å². The van der Waals surface area contributed by atoms with Gasteiger partial charge < -0.3 is 4.74 Å². The van der Waals surface area contributed by atoms with Crippen molar-refractivity contribution >= 4 is 40.2 Å². The van der Waals surface area contributed by atoms with Gasteiger partial charge in [0.05, 0.1) is 34.3 Å². The van der Waals surface area contributed by atoms with Crippen LogP contribution in [0, 0.1) is 25.7 Å². The molecular weight excluding hydrogens is 528 g/mol. The zero-order chi connectivity index (χ0) is 29.5. The van der Waals surface area contributed by atoms with Crippen LogP contribution in [0.15, 0.2) is 72.8 Å². The molecule has 0 bridgehead atoms. The molecule has 0 N–H and O–H groups in total. The molecule has 3 atom stereocenters. The third-order valence-electron chi connectivity index (χ3n) is 8.44. The van der Waals surface area contributed by atoms with Gasteiger partial charge in [-0.2, -0.15) is 0 Å². The lowest BCUT2D eigenvalue weighted by molar-refractivity contribution is -0.122. The van der Waals surface area contributed by atoms with Crippen LogP contribution < -0.4 is 4.90 Å². The topological polar surface area (TPSA) is 93.6 Å². The maximum atomic E-state index is 13.5. The lowest BCUT2D eigenvalue weighted by Gasteiger charge is -2.19. The summed E-state index contributed by atoms with van der Waals surface area (Å²) in [6.07, 6.45) is 2.50. The molecule has 1 aliphatic heterocycles. The molecule has 0 spiro atoms. The Hall–Kier alpha value is -4.65. The lowest BCUT2D eigenvalue weighted by atomic mass is 9.81. The van der Waals surface area contributed by atoms with Crippen LogP contribution in [0.5, 0.6) is 0 Å². The lowest BCUT2D eigenvalue weighted by Crippen LogP contribution is -2.30. The summed E-state index contributed by atoms with van der Waals surface area (Å²) in [5.74, 6) is -1.56. The molecule has 4 aromatic rings. The van der Waals surface area contributed by atoms with Gasteiger partial charge in [0.1, 0.15) is 0 Å². The number of aromatic nitrogens is 1. The number of nitrogens with zero attached hydrogens (tertiary/aromatic N) is 2. The first kappa shape index (κ1) is 27.5. The highest BCUT2D eigenvalue weighted by molar-refractivity contribution is 6.22. The largest absolute Gasteiger partial charge is 0.451 e. The molecule has 1 saturated carbocycles. The molecule has 0 unspecified atom stereocenters. The van der Waals surface area contributed by atoms with Gasteiger partial charge in [0.25, 0.3) is 0 Å². The van der Waals surface area contributed by atoms with E-state index in [4.69, 9.17) is 9.72 Å². The Labute approximate surface area is 244 Å². The van der Waals surface area contributed by atoms with E-state index in [0.29, 0.717) is 33.4 Å². The number of pyridine rings is 1. The van der Waals surface area contributed by atoms with E-state index < -0.39 is 12.1 Å². The van der Waals surface area contributed by atoms with Gasteiger partial charge in [0, 0.05) is 16.5 Å². The number of esters is 1. The standard InChI is InChI=1S/C35H32N2O5/c1-20-8-11-24(12-9-20)32(38)22(3)42-35(41)29-19-31(36-30-17-10-21(2)18-28(29)30)23-13-15-25(16-14-23)37-33(39)26-6-4-5-7-27(26)34(37)40/h8-19,22,26-27H,4-7H2,1-3H3/t22-,26-,27+/m1/s1. The molecule has 6 rings (SSSR count). The molecule has 0 radical (unpaired) electrons. The Bertz CT molecular complexity index is 1700. The quantitative estimate of drug-likeness (QED) is 0.149. The van der Waals surface area contributed by atoms with E-state index in [-0.39, 0.29) is 29.4 Å². The van der Waals surface area contributed by atoms with Crippen molar-refractivity contribution in [2.75, 3.05) is 4.90 Å².